The highest BCUT2D eigenvalue weighted by Crippen LogP contribution is 2.38. The lowest BCUT2D eigenvalue weighted by Crippen LogP contribution is -2.19. The molecule has 0 spiro atoms. The minimum Gasteiger partial charge on any atom is -0.496 e. The van der Waals surface area contributed by atoms with E-state index in [0.717, 1.165) is 27.1 Å². The summed E-state index contributed by atoms with van der Waals surface area (Å²) in [6, 6.07) is 37.1. The maximum atomic E-state index is 13.7. The van der Waals surface area contributed by atoms with E-state index in [0.29, 0.717) is 34.3 Å². The molecule has 0 saturated heterocycles. The SMILES string of the molecule is COc1cccc(OC)c1C(=O)Nc1cccc(SC(C(=O)Nc2ccc(-c3nc4ccccc4o3)cc2)c2ccccc2)c1. The molecular formula is C36H29N3O5S. The Bertz CT molecular complexity index is 1900. The molecule has 0 aliphatic heterocycles. The number of carbonyl (C=O) groups is 2. The lowest BCUT2D eigenvalue weighted by molar-refractivity contribution is -0.115. The van der Waals surface area contributed by atoms with Crippen LogP contribution in [0, 0.1) is 0 Å². The minimum absolute atomic E-state index is 0.186. The van der Waals surface area contributed by atoms with Crippen molar-refractivity contribution in [3.63, 3.8) is 0 Å². The Balaban J connectivity index is 1.20. The summed E-state index contributed by atoms with van der Waals surface area (Å²) in [7, 11) is 3.01. The van der Waals surface area contributed by atoms with Crippen LogP contribution >= 0.6 is 11.8 Å². The van der Waals surface area contributed by atoms with Gasteiger partial charge in [-0.25, -0.2) is 4.98 Å². The van der Waals surface area contributed by atoms with Gasteiger partial charge in [-0.2, -0.15) is 0 Å². The maximum absolute atomic E-state index is 13.7. The molecule has 6 rings (SSSR count). The normalized spacial score (nSPS) is 11.5. The molecule has 1 aromatic heterocycles. The molecule has 0 aliphatic carbocycles. The van der Waals surface area contributed by atoms with Gasteiger partial charge in [0.15, 0.2) is 5.58 Å². The van der Waals surface area contributed by atoms with Crippen molar-refractivity contribution in [3.8, 4) is 23.0 Å². The Kier molecular flexibility index (Phi) is 8.79. The van der Waals surface area contributed by atoms with Crippen molar-refractivity contribution in [3.05, 3.63) is 132 Å². The van der Waals surface area contributed by atoms with Crippen LogP contribution in [0.2, 0.25) is 0 Å². The summed E-state index contributed by atoms with van der Waals surface area (Å²) < 4.78 is 16.7. The first kappa shape index (κ1) is 29.5. The molecule has 1 heterocycles. The number of ether oxygens (including phenoxy) is 2. The molecule has 0 aliphatic rings. The maximum Gasteiger partial charge on any atom is 0.263 e. The summed E-state index contributed by atoms with van der Waals surface area (Å²) in [5, 5.41) is 5.42. The van der Waals surface area contributed by atoms with E-state index in [2.05, 4.69) is 15.6 Å². The molecular weight excluding hydrogens is 586 g/mol. The van der Waals surface area contributed by atoms with E-state index in [1.165, 1.54) is 26.0 Å². The van der Waals surface area contributed by atoms with Crippen LogP contribution in [0.25, 0.3) is 22.6 Å². The second-order valence-corrected chi connectivity index (χ2v) is 11.2. The number of para-hydroxylation sites is 2. The molecule has 0 saturated carbocycles. The minimum atomic E-state index is -0.567. The topological polar surface area (TPSA) is 103 Å². The standard InChI is InChI=1S/C36H29N3O5S/c1-42-30-16-9-17-31(43-2)32(30)34(40)38-26-12-8-13-27(22-26)45-33(23-10-4-3-5-11-23)35(41)37-25-20-18-24(19-21-25)36-39-28-14-6-7-15-29(28)44-36/h3-22,33H,1-2H3,(H,37,41)(H,38,40). The van der Waals surface area contributed by atoms with E-state index >= 15 is 0 Å². The summed E-state index contributed by atoms with van der Waals surface area (Å²) in [4.78, 5) is 32.3. The summed E-state index contributed by atoms with van der Waals surface area (Å²) in [5.41, 5.74) is 4.67. The predicted molar refractivity (Wildman–Crippen MR) is 177 cm³/mol. The van der Waals surface area contributed by atoms with Crippen molar-refractivity contribution in [1.29, 1.82) is 0 Å². The van der Waals surface area contributed by atoms with E-state index in [-0.39, 0.29) is 11.8 Å². The lowest BCUT2D eigenvalue weighted by atomic mass is 10.1. The Morgan fingerprint density at radius 2 is 1.42 bits per heavy atom. The molecule has 2 amide bonds. The van der Waals surface area contributed by atoms with Crippen LogP contribution in [-0.4, -0.2) is 31.0 Å². The molecule has 45 heavy (non-hydrogen) atoms. The third-order valence-corrected chi connectivity index (χ3v) is 8.28. The number of hydrogen-bond donors (Lipinski definition) is 2. The number of benzene rings is 5. The van der Waals surface area contributed by atoms with Crippen LogP contribution in [0.15, 0.2) is 131 Å². The second kappa shape index (κ2) is 13.4. The average Bonchev–Trinajstić information content (AvgIpc) is 3.52. The first-order chi connectivity index (χ1) is 22.0. The first-order valence-corrected chi connectivity index (χ1v) is 15.0. The number of methoxy groups -OCH3 is 2. The second-order valence-electron chi connectivity index (χ2n) is 9.98. The summed E-state index contributed by atoms with van der Waals surface area (Å²) in [6.45, 7) is 0. The zero-order valence-electron chi connectivity index (χ0n) is 24.5. The number of amides is 2. The molecule has 224 valence electrons. The highest BCUT2D eigenvalue weighted by Gasteiger charge is 2.23. The van der Waals surface area contributed by atoms with Gasteiger partial charge in [0.05, 0.1) is 14.2 Å². The summed E-state index contributed by atoms with van der Waals surface area (Å²) >= 11 is 1.39. The van der Waals surface area contributed by atoms with Crippen molar-refractivity contribution in [2.45, 2.75) is 10.1 Å². The number of hydrogen-bond acceptors (Lipinski definition) is 7. The van der Waals surface area contributed by atoms with E-state index in [1.807, 2.05) is 97.1 Å². The van der Waals surface area contributed by atoms with E-state index in [9.17, 15) is 9.59 Å². The molecule has 0 bridgehead atoms. The monoisotopic (exact) mass is 615 g/mol. The molecule has 8 nitrogen and oxygen atoms in total. The van der Waals surface area contributed by atoms with E-state index in [4.69, 9.17) is 13.9 Å². The fourth-order valence-corrected chi connectivity index (χ4v) is 5.94. The van der Waals surface area contributed by atoms with Gasteiger partial charge in [-0.05, 0) is 72.3 Å². The fraction of sp³-hybridized carbons (Fsp3) is 0.0833. The van der Waals surface area contributed by atoms with Crippen LogP contribution < -0.4 is 20.1 Å². The van der Waals surface area contributed by atoms with Gasteiger partial charge in [0.2, 0.25) is 11.8 Å². The number of fused-ring (bicyclic) bond motifs is 1. The Morgan fingerprint density at radius 3 is 2.13 bits per heavy atom. The smallest absolute Gasteiger partial charge is 0.263 e. The number of rotatable bonds is 10. The number of nitrogens with one attached hydrogen (secondary N) is 2. The first-order valence-electron chi connectivity index (χ1n) is 14.1. The van der Waals surface area contributed by atoms with Crippen LogP contribution in [0.1, 0.15) is 21.2 Å². The average molecular weight is 616 g/mol. The van der Waals surface area contributed by atoms with E-state index < -0.39 is 5.25 Å². The van der Waals surface area contributed by atoms with Crippen molar-refractivity contribution >= 4 is 46.1 Å². The molecule has 1 atom stereocenters. The number of nitrogens with zero attached hydrogens (tertiary/aromatic N) is 1. The van der Waals surface area contributed by atoms with Crippen LogP contribution in [0.4, 0.5) is 11.4 Å². The molecule has 6 aromatic rings. The third-order valence-electron chi connectivity index (χ3n) is 7.03. The fourth-order valence-electron chi connectivity index (χ4n) is 4.85. The number of carbonyl (C=O) groups excluding carboxylic acids is 2. The van der Waals surface area contributed by atoms with Gasteiger partial charge in [0, 0.05) is 21.8 Å². The predicted octanol–water partition coefficient (Wildman–Crippen LogP) is 8.24. The highest BCUT2D eigenvalue weighted by atomic mass is 32.2. The third kappa shape index (κ3) is 6.68. The van der Waals surface area contributed by atoms with Crippen molar-refractivity contribution in [2.24, 2.45) is 0 Å². The van der Waals surface area contributed by atoms with Gasteiger partial charge in [0.1, 0.15) is 27.8 Å². The number of anilines is 2. The van der Waals surface area contributed by atoms with Gasteiger partial charge < -0.3 is 24.5 Å². The van der Waals surface area contributed by atoms with Gasteiger partial charge in [-0.15, -0.1) is 11.8 Å². The highest BCUT2D eigenvalue weighted by molar-refractivity contribution is 8.00. The lowest BCUT2D eigenvalue weighted by Gasteiger charge is -2.18. The summed E-state index contributed by atoms with van der Waals surface area (Å²) in [6.07, 6.45) is 0. The van der Waals surface area contributed by atoms with Crippen molar-refractivity contribution in [2.75, 3.05) is 24.9 Å². The van der Waals surface area contributed by atoms with Gasteiger partial charge in [-0.3, -0.25) is 9.59 Å². The zero-order valence-corrected chi connectivity index (χ0v) is 25.3. The van der Waals surface area contributed by atoms with Crippen molar-refractivity contribution < 1.29 is 23.5 Å². The van der Waals surface area contributed by atoms with Crippen LogP contribution in [0.5, 0.6) is 11.5 Å². The van der Waals surface area contributed by atoms with Crippen LogP contribution in [0.3, 0.4) is 0 Å². The molecule has 0 radical (unpaired) electrons. The largest absolute Gasteiger partial charge is 0.496 e. The van der Waals surface area contributed by atoms with Gasteiger partial charge >= 0.3 is 0 Å². The zero-order chi connectivity index (χ0) is 31.2. The van der Waals surface area contributed by atoms with Crippen molar-refractivity contribution in [1.82, 2.24) is 4.98 Å². The molecule has 2 N–H and O–H groups in total. The number of aromatic nitrogens is 1. The molecule has 0 fully saturated rings. The number of thioether (sulfide) groups is 1. The van der Waals surface area contributed by atoms with Gasteiger partial charge in [-0.1, -0.05) is 54.6 Å². The van der Waals surface area contributed by atoms with Gasteiger partial charge in [0.25, 0.3) is 5.91 Å². The molecule has 1 unspecified atom stereocenters. The van der Waals surface area contributed by atoms with E-state index in [1.54, 1.807) is 24.3 Å². The Hall–Kier alpha value is -5.54. The number of oxazole rings is 1. The Morgan fingerprint density at radius 1 is 0.733 bits per heavy atom. The molecule has 9 heteroatoms. The quantitative estimate of drug-likeness (QED) is 0.150. The molecule has 5 aromatic carbocycles. The summed E-state index contributed by atoms with van der Waals surface area (Å²) in [5.74, 6) is 0.766. The Labute approximate surface area is 264 Å². The van der Waals surface area contributed by atoms with Crippen LogP contribution in [-0.2, 0) is 4.79 Å².